The smallest absolute Gasteiger partial charge is 0.264 e. The molecule has 3 rings (SSSR count). The molecule has 1 fully saturated rings. The Morgan fingerprint density at radius 2 is 2.07 bits per heavy atom. The maximum atomic E-state index is 12.3. The van der Waals surface area contributed by atoms with Gasteiger partial charge in [-0.25, -0.2) is 4.99 Å². The van der Waals surface area contributed by atoms with E-state index in [0.29, 0.717) is 33.2 Å². The number of methoxy groups -OCH3 is 1. The number of halogens is 2. The first-order valence-corrected chi connectivity index (χ1v) is 10.2. The van der Waals surface area contributed by atoms with Crippen LogP contribution in [0.5, 0.6) is 11.5 Å². The van der Waals surface area contributed by atoms with Crippen LogP contribution in [-0.2, 0) is 4.79 Å². The average Bonchev–Trinajstić information content (AvgIpc) is 3.01. The van der Waals surface area contributed by atoms with Crippen LogP contribution in [0.4, 0.5) is 5.69 Å². The number of carbonyl (C=O) groups is 1. The van der Waals surface area contributed by atoms with Crippen molar-refractivity contribution in [3.05, 3.63) is 69.0 Å². The molecule has 1 heterocycles. The summed E-state index contributed by atoms with van der Waals surface area (Å²) in [6.45, 7) is 3.93. The highest BCUT2D eigenvalue weighted by Crippen LogP contribution is 2.38. The van der Waals surface area contributed by atoms with Crippen molar-refractivity contribution in [3.8, 4) is 11.5 Å². The molecule has 0 saturated carbocycles. The second-order valence-corrected chi connectivity index (χ2v) is 7.95. The molecule has 1 saturated heterocycles. The Balaban J connectivity index is 1.85. The van der Waals surface area contributed by atoms with E-state index in [4.69, 9.17) is 21.1 Å². The zero-order valence-electron chi connectivity index (χ0n) is 14.9. The number of amides is 1. The van der Waals surface area contributed by atoms with Gasteiger partial charge in [0.2, 0.25) is 0 Å². The Morgan fingerprint density at radius 3 is 2.75 bits per heavy atom. The van der Waals surface area contributed by atoms with Crippen LogP contribution >= 0.6 is 39.3 Å². The zero-order chi connectivity index (χ0) is 20.1. The van der Waals surface area contributed by atoms with Gasteiger partial charge in [-0.05, 0) is 59.8 Å². The number of amidine groups is 1. The van der Waals surface area contributed by atoms with Crippen LogP contribution in [0.25, 0.3) is 6.08 Å². The first kappa shape index (κ1) is 20.5. The summed E-state index contributed by atoms with van der Waals surface area (Å²) < 4.78 is 11.9. The Hall–Kier alpha value is -2.22. The van der Waals surface area contributed by atoms with Gasteiger partial charge in [0, 0.05) is 4.47 Å². The number of nitrogens with one attached hydrogen (secondary N) is 1. The highest BCUT2D eigenvalue weighted by Gasteiger charge is 2.24. The molecule has 0 atom stereocenters. The van der Waals surface area contributed by atoms with Crippen LogP contribution in [0.15, 0.2) is 63.4 Å². The summed E-state index contributed by atoms with van der Waals surface area (Å²) in [6.07, 6.45) is 3.35. The molecule has 1 amide bonds. The van der Waals surface area contributed by atoms with Crippen LogP contribution in [-0.4, -0.2) is 24.8 Å². The minimum atomic E-state index is -0.220. The van der Waals surface area contributed by atoms with Crippen LogP contribution in [0.1, 0.15) is 5.56 Å². The van der Waals surface area contributed by atoms with E-state index >= 15 is 0 Å². The molecule has 0 spiro atoms. The topological polar surface area (TPSA) is 59.9 Å². The highest BCUT2D eigenvalue weighted by atomic mass is 79.9. The van der Waals surface area contributed by atoms with Gasteiger partial charge in [-0.3, -0.25) is 4.79 Å². The lowest BCUT2D eigenvalue weighted by Crippen LogP contribution is -2.19. The molecule has 2 aromatic rings. The number of rotatable bonds is 6. The van der Waals surface area contributed by atoms with Gasteiger partial charge >= 0.3 is 0 Å². The van der Waals surface area contributed by atoms with E-state index in [1.165, 1.54) is 18.9 Å². The molecule has 0 aliphatic carbocycles. The second-order valence-electron chi connectivity index (χ2n) is 5.59. The van der Waals surface area contributed by atoms with Gasteiger partial charge in [0.25, 0.3) is 5.91 Å². The van der Waals surface area contributed by atoms with E-state index in [2.05, 4.69) is 32.8 Å². The van der Waals surface area contributed by atoms with Crippen molar-refractivity contribution >= 4 is 62.1 Å². The lowest BCUT2D eigenvalue weighted by Gasteiger charge is -2.12. The monoisotopic (exact) mass is 478 g/mol. The summed E-state index contributed by atoms with van der Waals surface area (Å²) in [5.74, 6) is 0.698. The summed E-state index contributed by atoms with van der Waals surface area (Å²) in [4.78, 5) is 17.2. The van der Waals surface area contributed by atoms with Crippen LogP contribution in [0.2, 0.25) is 5.02 Å². The Morgan fingerprint density at radius 1 is 1.32 bits per heavy atom. The maximum absolute atomic E-state index is 12.3. The number of hydrogen-bond donors (Lipinski definition) is 1. The van der Waals surface area contributed by atoms with Crippen molar-refractivity contribution in [2.75, 3.05) is 13.7 Å². The lowest BCUT2D eigenvalue weighted by atomic mass is 10.2. The largest absolute Gasteiger partial charge is 0.493 e. The molecule has 0 aromatic heterocycles. The molecule has 1 N–H and O–H groups in total. The van der Waals surface area contributed by atoms with E-state index in [1.54, 1.807) is 24.3 Å². The molecule has 2 aromatic carbocycles. The zero-order valence-corrected chi connectivity index (χ0v) is 18.0. The fourth-order valence-electron chi connectivity index (χ4n) is 2.37. The minimum Gasteiger partial charge on any atom is -0.493 e. The molecule has 8 heteroatoms. The fraction of sp³-hybridized carbons (Fsp3) is 0.100. The molecule has 144 valence electrons. The number of benzene rings is 2. The van der Waals surface area contributed by atoms with Crippen LogP contribution in [0.3, 0.4) is 0 Å². The van der Waals surface area contributed by atoms with Crippen LogP contribution in [0, 0.1) is 0 Å². The summed E-state index contributed by atoms with van der Waals surface area (Å²) >= 11 is 11.0. The van der Waals surface area contributed by atoms with Crippen LogP contribution < -0.4 is 14.8 Å². The molecule has 0 unspecified atom stereocenters. The van der Waals surface area contributed by atoms with Crippen molar-refractivity contribution in [1.82, 2.24) is 5.32 Å². The number of ether oxygens (including phenoxy) is 2. The van der Waals surface area contributed by atoms with Crippen molar-refractivity contribution in [2.24, 2.45) is 4.99 Å². The predicted molar refractivity (Wildman–Crippen MR) is 119 cm³/mol. The summed E-state index contributed by atoms with van der Waals surface area (Å²) in [5, 5.41) is 3.67. The summed E-state index contributed by atoms with van der Waals surface area (Å²) in [6, 6.07) is 11.0. The molecule has 0 radical (unpaired) electrons. The third-order valence-corrected chi connectivity index (χ3v) is 5.32. The highest BCUT2D eigenvalue weighted by molar-refractivity contribution is 9.10. The molecule has 28 heavy (non-hydrogen) atoms. The number of nitrogens with zero attached hydrogens (tertiary/aromatic N) is 1. The van der Waals surface area contributed by atoms with Gasteiger partial charge in [0.05, 0.1) is 22.7 Å². The molecule has 1 aliphatic rings. The number of hydrogen-bond acceptors (Lipinski definition) is 5. The van der Waals surface area contributed by atoms with E-state index in [-0.39, 0.29) is 5.91 Å². The summed E-state index contributed by atoms with van der Waals surface area (Å²) in [7, 11) is 1.53. The third kappa shape index (κ3) is 4.98. The van der Waals surface area contributed by atoms with Crippen molar-refractivity contribution in [3.63, 3.8) is 0 Å². The number of carbonyl (C=O) groups excluding carboxylic acids is 1. The van der Waals surface area contributed by atoms with Gasteiger partial charge in [-0.1, -0.05) is 40.2 Å². The van der Waals surface area contributed by atoms with Crippen molar-refractivity contribution in [1.29, 1.82) is 0 Å². The van der Waals surface area contributed by atoms with Crippen molar-refractivity contribution in [2.45, 2.75) is 0 Å². The Kier molecular flexibility index (Phi) is 6.83. The third-order valence-electron chi connectivity index (χ3n) is 3.60. The number of thioether (sulfide) groups is 1. The first-order valence-electron chi connectivity index (χ1n) is 8.16. The normalized spacial score (nSPS) is 16.3. The summed E-state index contributed by atoms with van der Waals surface area (Å²) in [5.41, 5.74) is 1.47. The molecular formula is C20H16BrClN2O3S. The predicted octanol–water partition coefficient (Wildman–Crippen LogP) is 5.57. The molecular weight excluding hydrogens is 464 g/mol. The van der Waals surface area contributed by atoms with Gasteiger partial charge in [0.15, 0.2) is 16.7 Å². The number of aliphatic imine (C=N–C) groups is 1. The van der Waals surface area contributed by atoms with Crippen molar-refractivity contribution < 1.29 is 14.3 Å². The Bertz CT molecular complexity index is 974. The molecule has 5 nitrogen and oxygen atoms in total. The standard InChI is InChI=1S/C20H16BrClN2O3S/c1-3-8-27-18-15(22)9-12(10-16(18)26-2)11-17-19(25)24-20(28-17)23-14-6-4-13(21)5-7-14/h3-7,9-11H,1,8H2,2H3,(H,23,24,25)/b17-11-. The quantitative estimate of drug-likeness (QED) is 0.435. The maximum Gasteiger partial charge on any atom is 0.264 e. The Labute approximate surface area is 180 Å². The van der Waals surface area contributed by atoms with Gasteiger partial charge in [-0.2, -0.15) is 0 Å². The average molecular weight is 480 g/mol. The van der Waals surface area contributed by atoms with E-state index in [9.17, 15) is 4.79 Å². The molecule has 1 aliphatic heterocycles. The second kappa shape index (κ2) is 9.32. The minimum absolute atomic E-state index is 0.220. The van der Waals surface area contributed by atoms with E-state index < -0.39 is 0 Å². The lowest BCUT2D eigenvalue weighted by molar-refractivity contribution is -0.115. The molecule has 0 bridgehead atoms. The fourth-order valence-corrected chi connectivity index (χ4v) is 3.75. The first-order chi connectivity index (χ1) is 13.5. The SMILES string of the molecule is C=CCOc1c(Cl)cc(/C=C2\SC(=Nc3ccc(Br)cc3)NC2=O)cc1OC. The van der Waals surface area contributed by atoms with Gasteiger partial charge in [-0.15, -0.1) is 0 Å². The van der Waals surface area contributed by atoms with E-state index in [0.717, 1.165) is 15.7 Å². The van der Waals surface area contributed by atoms with E-state index in [1.807, 2.05) is 24.3 Å². The van der Waals surface area contributed by atoms with Gasteiger partial charge in [0.1, 0.15) is 6.61 Å². The van der Waals surface area contributed by atoms with Gasteiger partial charge < -0.3 is 14.8 Å².